The molecule has 2 aromatic rings. The van der Waals surface area contributed by atoms with Crippen molar-refractivity contribution in [2.24, 2.45) is 5.92 Å². The van der Waals surface area contributed by atoms with Gasteiger partial charge in [0.15, 0.2) is 6.04 Å². The molecule has 35 heavy (non-hydrogen) atoms. The lowest BCUT2D eigenvalue weighted by Gasteiger charge is -2.32. The molecule has 2 aliphatic heterocycles. The Hall–Kier alpha value is -3.72. The number of carbonyl (C=O) groups excluding carboxylic acids is 4. The van der Waals surface area contributed by atoms with Crippen LogP contribution in [0, 0.1) is 5.92 Å². The fourth-order valence-corrected chi connectivity index (χ4v) is 5.20. The van der Waals surface area contributed by atoms with Crippen LogP contribution < -0.4 is 5.32 Å². The lowest BCUT2D eigenvalue weighted by Crippen LogP contribution is -2.50. The van der Waals surface area contributed by atoms with Crippen molar-refractivity contribution >= 4 is 23.8 Å². The minimum atomic E-state index is -1.19. The van der Waals surface area contributed by atoms with E-state index in [0.29, 0.717) is 18.4 Å². The summed E-state index contributed by atoms with van der Waals surface area (Å²) in [5.41, 5.74) is 1.19. The van der Waals surface area contributed by atoms with Crippen molar-refractivity contribution in [1.82, 2.24) is 15.3 Å². The van der Waals surface area contributed by atoms with Crippen LogP contribution in [0.2, 0.25) is 0 Å². The van der Waals surface area contributed by atoms with E-state index in [0.717, 1.165) is 5.56 Å². The normalized spacial score (nSPS) is 25.7. The maximum atomic E-state index is 13.9. The summed E-state index contributed by atoms with van der Waals surface area (Å²) in [6.07, 6.45) is 1.23. The molecule has 0 radical (unpaired) electrons. The number of carbonyl (C=O) groups is 4. The first-order valence-electron chi connectivity index (χ1n) is 11.6. The topological polar surface area (TPSA) is 105 Å². The zero-order valence-electron chi connectivity index (χ0n) is 19.9. The third-order valence-corrected chi connectivity index (χ3v) is 6.66. The molecule has 184 valence electrons. The summed E-state index contributed by atoms with van der Waals surface area (Å²) in [5.74, 6) is -3.10. The third-order valence-electron chi connectivity index (χ3n) is 6.66. The lowest BCUT2D eigenvalue weighted by atomic mass is 9.87. The molecule has 2 fully saturated rings. The maximum Gasteiger partial charge on any atom is 0.331 e. The van der Waals surface area contributed by atoms with Crippen LogP contribution >= 0.6 is 0 Å². The molecule has 0 aliphatic carbocycles. The van der Waals surface area contributed by atoms with Gasteiger partial charge in [0.05, 0.1) is 20.3 Å². The van der Waals surface area contributed by atoms with Crippen LogP contribution in [0.4, 0.5) is 0 Å². The van der Waals surface area contributed by atoms with E-state index in [1.165, 1.54) is 19.2 Å². The number of rotatable bonds is 7. The summed E-state index contributed by atoms with van der Waals surface area (Å²) >= 11 is 0. The van der Waals surface area contributed by atoms with Crippen LogP contribution in [0.1, 0.15) is 41.7 Å². The Kier molecular flexibility index (Phi) is 7.16. The van der Waals surface area contributed by atoms with Crippen LogP contribution in [0.15, 0.2) is 60.7 Å². The third kappa shape index (κ3) is 4.27. The van der Waals surface area contributed by atoms with Crippen LogP contribution in [0.3, 0.4) is 0 Å². The Morgan fingerprint density at radius 2 is 1.51 bits per heavy atom. The Labute approximate surface area is 203 Å². The zero-order valence-corrected chi connectivity index (χ0v) is 19.9. The average molecular weight is 480 g/mol. The van der Waals surface area contributed by atoms with E-state index in [-0.39, 0.29) is 0 Å². The minimum Gasteiger partial charge on any atom is -0.469 e. The fourth-order valence-electron chi connectivity index (χ4n) is 5.20. The number of methoxy groups -OCH3 is 2. The molecule has 2 aromatic carbocycles. The molecule has 2 saturated heterocycles. The second kappa shape index (κ2) is 10.3. The van der Waals surface area contributed by atoms with E-state index in [1.807, 2.05) is 37.3 Å². The Balaban J connectivity index is 1.82. The van der Waals surface area contributed by atoms with Gasteiger partial charge < -0.3 is 14.8 Å². The van der Waals surface area contributed by atoms with Crippen molar-refractivity contribution in [3.05, 3.63) is 71.8 Å². The summed E-state index contributed by atoms with van der Waals surface area (Å²) in [6.45, 7) is 1.97. The molecule has 0 saturated carbocycles. The second-order valence-corrected chi connectivity index (χ2v) is 8.61. The van der Waals surface area contributed by atoms with Gasteiger partial charge in [-0.1, -0.05) is 61.9 Å². The highest BCUT2D eigenvalue weighted by atomic mass is 16.5. The van der Waals surface area contributed by atoms with Gasteiger partial charge in [-0.25, -0.2) is 9.80 Å². The molecule has 0 aromatic heterocycles. The van der Waals surface area contributed by atoms with Crippen molar-refractivity contribution in [3.8, 4) is 0 Å². The molecule has 9 nitrogen and oxygen atoms in total. The predicted octanol–water partition coefficient (Wildman–Crippen LogP) is 2.10. The van der Waals surface area contributed by atoms with Crippen LogP contribution in [-0.2, 0) is 23.9 Å². The van der Waals surface area contributed by atoms with Gasteiger partial charge in [-0.15, -0.1) is 0 Å². The Morgan fingerprint density at radius 3 is 2.09 bits per heavy atom. The van der Waals surface area contributed by atoms with Gasteiger partial charge in [0.25, 0.3) is 11.8 Å². The Morgan fingerprint density at radius 1 is 0.914 bits per heavy atom. The number of esters is 2. The molecule has 0 unspecified atom stereocenters. The van der Waals surface area contributed by atoms with Gasteiger partial charge >= 0.3 is 11.9 Å². The second-order valence-electron chi connectivity index (χ2n) is 8.61. The fraction of sp³-hybridized carbons (Fsp3) is 0.385. The van der Waals surface area contributed by atoms with Gasteiger partial charge in [0.2, 0.25) is 0 Å². The number of nitrogens with zero attached hydrogens (tertiary/aromatic N) is 2. The number of hydrogen-bond acceptors (Lipinski definition) is 7. The SMILES string of the molecule is CCC[C@@H]1[C@H](C(=O)OC)[C@@H](C(=O)OC)N2C(=O)[C@@H](NC(=O)c3ccccc3)[C@H](c3ccccc3)N12. The molecule has 9 heteroatoms. The number of hydrogen-bond donors (Lipinski definition) is 1. The van der Waals surface area contributed by atoms with E-state index < -0.39 is 53.8 Å². The van der Waals surface area contributed by atoms with Crippen LogP contribution in [0.25, 0.3) is 0 Å². The van der Waals surface area contributed by atoms with Crippen molar-refractivity contribution in [1.29, 1.82) is 0 Å². The quantitative estimate of drug-likeness (QED) is 0.607. The molecule has 4 rings (SSSR count). The number of nitrogens with one attached hydrogen (secondary N) is 1. The van der Waals surface area contributed by atoms with Crippen molar-refractivity contribution in [3.63, 3.8) is 0 Å². The van der Waals surface area contributed by atoms with Gasteiger partial charge in [0, 0.05) is 11.6 Å². The largest absolute Gasteiger partial charge is 0.469 e. The summed E-state index contributed by atoms with van der Waals surface area (Å²) in [4.78, 5) is 52.8. The standard InChI is InChI=1S/C26H29N3O6/c1-4-11-18-19(25(32)34-2)22(26(33)35-3)29-24(31)20(27-23(30)17-14-9-6-10-15-17)21(28(18)29)16-12-7-5-8-13-16/h5-10,12-15,18-22H,4,11H2,1-3H3,(H,27,30)/t18-,19+,20+,21+,22+/m1/s1. The number of benzene rings is 2. The molecule has 1 N–H and O–H groups in total. The lowest BCUT2D eigenvalue weighted by molar-refractivity contribution is -0.161. The molecular formula is C26H29N3O6. The molecular weight excluding hydrogens is 450 g/mol. The van der Waals surface area contributed by atoms with Crippen LogP contribution in [0.5, 0.6) is 0 Å². The van der Waals surface area contributed by atoms with Crippen molar-refractivity contribution in [2.45, 2.75) is 43.9 Å². The number of hydrazine groups is 1. The number of amides is 2. The number of fused-ring (bicyclic) bond motifs is 1. The van der Waals surface area contributed by atoms with Crippen molar-refractivity contribution < 1.29 is 28.7 Å². The summed E-state index contributed by atoms with van der Waals surface area (Å²) < 4.78 is 10.1. The van der Waals surface area contributed by atoms with E-state index in [1.54, 1.807) is 35.3 Å². The van der Waals surface area contributed by atoms with Crippen LogP contribution in [-0.4, -0.2) is 66.1 Å². The minimum absolute atomic E-state index is 0.404. The zero-order chi connectivity index (χ0) is 25.1. The molecule has 0 spiro atoms. The molecule has 2 heterocycles. The first kappa shape index (κ1) is 24.4. The van der Waals surface area contributed by atoms with Gasteiger partial charge in [-0.3, -0.25) is 19.4 Å². The Bertz CT molecular complexity index is 1090. The van der Waals surface area contributed by atoms with E-state index in [2.05, 4.69) is 5.32 Å². The molecule has 0 bridgehead atoms. The number of ether oxygens (including phenoxy) is 2. The summed E-state index contributed by atoms with van der Waals surface area (Å²) in [7, 11) is 2.48. The van der Waals surface area contributed by atoms with E-state index in [9.17, 15) is 19.2 Å². The molecule has 5 atom stereocenters. The van der Waals surface area contributed by atoms with Gasteiger partial charge in [-0.2, -0.15) is 0 Å². The summed E-state index contributed by atoms with van der Waals surface area (Å²) in [5, 5.41) is 5.97. The van der Waals surface area contributed by atoms with Gasteiger partial charge in [-0.05, 0) is 24.1 Å². The highest BCUT2D eigenvalue weighted by Gasteiger charge is 2.64. The predicted molar refractivity (Wildman–Crippen MR) is 126 cm³/mol. The van der Waals surface area contributed by atoms with Crippen molar-refractivity contribution in [2.75, 3.05) is 14.2 Å². The first-order chi connectivity index (χ1) is 16.9. The maximum absolute atomic E-state index is 13.9. The summed E-state index contributed by atoms with van der Waals surface area (Å²) in [6, 6.07) is 14.6. The highest BCUT2D eigenvalue weighted by Crippen LogP contribution is 2.47. The highest BCUT2D eigenvalue weighted by molar-refractivity contribution is 6.00. The smallest absolute Gasteiger partial charge is 0.331 e. The van der Waals surface area contributed by atoms with E-state index in [4.69, 9.17) is 9.47 Å². The van der Waals surface area contributed by atoms with Gasteiger partial charge in [0.1, 0.15) is 12.0 Å². The average Bonchev–Trinajstić information content (AvgIpc) is 3.36. The first-order valence-corrected chi connectivity index (χ1v) is 11.6. The van der Waals surface area contributed by atoms with E-state index >= 15 is 0 Å². The molecule has 2 amide bonds. The molecule has 2 aliphatic rings. The monoisotopic (exact) mass is 479 g/mol.